The quantitative estimate of drug-likeness (QED) is 0.465. The summed E-state index contributed by atoms with van der Waals surface area (Å²) in [5, 5.41) is 45.9. The first-order valence-corrected chi connectivity index (χ1v) is 11.7. The molecule has 0 aliphatic carbocycles. The second-order valence-electron chi connectivity index (χ2n) is 9.21. The molecular weight excluding hydrogens is 442 g/mol. The highest BCUT2D eigenvalue weighted by atomic mass is 16.7. The molecule has 1 heterocycles. The largest absolute Gasteiger partial charge is 0.390 e. The Balaban J connectivity index is 1.77. The minimum atomic E-state index is -1.99. The van der Waals surface area contributed by atoms with Crippen LogP contribution in [-0.2, 0) is 28.7 Å². The summed E-state index contributed by atoms with van der Waals surface area (Å²) in [6.45, 7) is 0. The molecule has 6 heteroatoms. The van der Waals surface area contributed by atoms with Gasteiger partial charge in [-0.25, -0.2) is 0 Å². The van der Waals surface area contributed by atoms with Gasteiger partial charge in [-0.3, -0.25) is 0 Å². The van der Waals surface area contributed by atoms with E-state index in [0.717, 1.165) is 16.7 Å². The number of nitriles is 1. The Bertz CT molecular complexity index is 1120. The van der Waals surface area contributed by atoms with Crippen molar-refractivity contribution in [2.75, 3.05) is 7.11 Å². The molecule has 0 aromatic heterocycles. The van der Waals surface area contributed by atoms with E-state index in [1.165, 1.54) is 7.11 Å². The zero-order valence-corrected chi connectivity index (χ0v) is 19.7. The fourth-order valence-electron chi connectivity index (χ4n) is 5.11. The molecule has 4 rings (SSSR count). The standard InChI is InChI=1S/C29H31NO5/c1-34-27-29(33,19-23-15-9-4-10-16-23)28(32,18-22-13-7-3-8-14-22)24(20-30)26(35-27)25(31)17-21-11-5-2-6-12-21/h2-16,24-27,31-33H,17-19H2,1H3/t24-,25?,26+,27+,28+,29+/m1/s1. The molecule has 6 atom stereocenters. The molecule has 0 radical (unpaired) electrons. The van der Waals surface area contributed by atoms with Crippen LogP contribution in [0.25, 0.3) is 0 Å². The van der Waals surface area contributed by atoms with Crippen molar-refractivity contribution in [3.05, 3.63) is 108 Å². The summed E-state index contributed by atoms with van der Waals surface area (Å²) in [4.78, 5) is 0. The minimum Gasteiger partial charge on any atom is -0.390 e. The lowest BCUT2D eigenvalue weighted by Gasteiger charge is -2.55. The Morgan fingerprint density at radius 3 is 1.74 bits per heavy atom. The summed E-state index contributed by atoms with van der Waals surface area (Å²) in [6, 6.07) is 30.0. The first kappa shape index (κ1) is 25.1. The molecule has 3 aromatic rings. The second-order valence-corrected chi connectivity index (χ2v) is 9.21. The number of methoxy groups -OCH3 is 1. The van der Waals surface area contributed by atoms with E-state index >= 15 is 0 Å². The van der Waals surface area contributed by atoms with Gasteiger partial charge in [-0.2, -0.15) is 5.26 Å². The fraction of sp³-hybridized carbons (Fsp3) is 0.345. The lowest BCUT2D eigenvalue weighted by Crippen LogP contribution is -2.74. The van der Waals surface area contributed by atoms with Crippen molar-refractivity contribution in [1.82, 2.24) is 0 Å². The van der Waals surface area contributed by atoms with Crippen LogP contribution in [0.4, 0.5) is 0 Å². The second kappa shape index (κ2) is 10.7. The van der Waals surface area contributed by atoms with Crippen molar-refractivity contribution in [2.45, 2.75) is 49.0 Å². The predicted octanol–water partition coefficient (Wildman–Crippen LogP) is 3.05. The molecule has 0 bridgehead atoms. The molecule has 6 nitrogen and oxygen atoms in total. The number of hydrogen-bond acceptors (Lipinski definition) is 6. The molecule has 0 amide bonds. The number of hydrogen-bond donors (Lipinski definition) is 3. The number of aliphatic hydroxyl groups excluding tert-OH is 1. The summed E-state index contributed by atoms with van der Waals surface area (Å²) in [5.41, 5.74) is -1.59. The monoisotopic (exact) mass is 473 g/mol. The van der Waals surface area contributed by atoms with Crippen LogP contribution in [0, 0.1) is 17.2 Å². The van der Waals surface area contributed by atoms with Gasteiger partial charge in [-0.15, -0.1) is 0 Å². The van der Waals surface area contributed by atoms with E-state index in [4.69, 9.17) is 9.47 Å². The van der Waals surface area contributed by atoms with Crippen LogP contribution >= 0.6 is 0 Å². The van der Waals surface area contributed by atoms with Gasteiger partial charge in [0.1, 0.15) is 23.2 Å². The van der Waals surface area contributed by atoms with Crippen molar-refractivity contribution in [3.8, 4) is 6.07 Å². The van der Waals surface area contributed by atoms with E-state index in [0.29, 0.717) is 0 Å². The van der Waals surface area contributed by atoms with Gasteiger partial charge >= 0.3 is 0 Å². The Hall–Kier alpha value is -3.05. The summed E-state index contributed by atoms with van der Waals surface area (Å²) < 4.78 is 11.7. The van der Waals surface area contributed by atoms with Crippen molar-refractivity contribution >= 4 is 0 Å². The first-order valence-electron chi connectivity index (χ1n) is 11.7. The zero-order valence-electron chi connectivity index (χ0n) is 19.7. The molecule has 1 fully saturated rings. The summed E-state index contributed by atoms with van der Waals surface area (Å²) in [7, 11) is 1.39. The molecule has 0 spiro atoms. The number of nitrogens with zero attached hydrogens (tertiary/aromatic N) is 1. The first-order chi connectivity index (χ1) is 16.9. The van der Waals surface area contributed by atoms with Crippen LogP contribution in [-0.4, -0.2) is 52.1 Å². The van der Waals surface area contributed by atoms with Crippen LogP contribution in [0.2, 0.25) is 0 Å². The molecule has 1 saturated heterocycles. The van der Waals surface area contributed by atoms with E-state index in [1.54, 1.807) is 0 Å². The Morgan fingerprint density at radius 2 is 1.29 bits per heavy atom. The van der Waals surface area contributed by atoms with Gasteiger partial charge < -0.3 is 24.8 Å². The van der Waals surface area contributed by atoms with Crippen LogP contribution in [0.15, 0.2) is 91.0 Å². The normalized spacial score (nSPS) is 29.3. The maximum atomic E-state index is 12.3. The maximum Gasteiger partial charge on any atom is 0.189 e. The van der Waals surface area contributed by atoms with Crippen molar-refractivity contribution in [2.24, 2.45) is 5.92 Å². The number of ether oxygens (including phenoxy) is 2. The third kappa shape index (κ3) is 5.01. The molecule has 1 aliphatic rings. The molecule has 1 unspecified atom stereocenters. The molecule has 3 N–H and O–H groups in total. The zero-order chi connectivity index (χ0) is 24.9. The fourth-order valence-corrected chi connectivity index (χ4v) is 5.11. The van der Waals surface area contributed by atoms with Crippen LogP contribution < -0.4 is 0 Å². The van der Waals surface area contributed by atoms with E-state index in [1.807, 2.05) is 91.0 Å². The van der Waals surface area contributed by atoms with Crippen molar-refractivity contribution in [1.29, 1.82) is 5.26 Å². The van der Waals surface area contributed by atoms with Gasteiger partial charge in [0.15, 0.2) is 6.29 Å². The maximum absolute atomic E-state index is 12.3. The van der Waals surface area contributed by atoms with Gasteiger partial charge in [0, 0.05) is 26.4 Å². The lowest BCUT2D eigenvalue weighted by molar-refractivity contribution is -0.358. The molecule has 1 aliphatic heterocycles. The van der Waals surface area contributed by atoms with E-state index in [2.05, 4.69) is 6.07 Å². The average molecular weight is 474 g/mol. The molecule has 35 heavy (non-hydrogen) atoms. The van der Waals surface area contributed by atoms with Gasteiger partial charge in [0.05, 0.1) is 12.2 Å². The van der Waals surface area contributed by atoms with E-state index < -0.39 is 35.6 Å². The van der Waals surface area contributed by atoms with Crippen LogP contribution in [0.1, 0.15) is 16.7 Å². The molecule has 182 valence electrons. The minimum absolute atomic E-state index is 0.00460. The topological polar surface area (TPSA) is 103 Å². The highest BCUT2D eigenvalue weighted by Gasteiger charge is 2.66. The highest BCUT2D eigenvalue weighted by Crippen LogP contribution is 2.47. The van der Waals surface area contributed by atoms with Crippen molar-refractivity contribution in [3.63, 3.8) is 0 Å². The Morgan fingerprint density at radius 1 is 0.829 bits per heavy atom. The molecule has 0 saturated carbocycles. The highest BCUT2D eigenvalue weighted by molar-refractivity contribution is 5.29. The van der Waals surface area contributed by atoms with Gasteiger partial charge in [0.2, 0.25) is 0 Å². The smallest absolute Gasteiger partial charge is 0.189 e. The number of benzene rings is 3. The molecule has 3 aromatic carbocycles. The molecular formula is C29H31NO5. The van der Waals surface area contributed by atoms with E-state index in [-0.39, 0.29) is 19.3 Å². The van der Waals surface area contributed by atoms with Gasteiger partial charge in [0.25, 0.3) is 0 Å². The van der Waals surface area contributed by atoms with E-state index in [9.17, 15) is 20.6 Å². The third-order valence-corrected chi connectivity index (χ3v) is 6.92. The SMILES string of the molecule is CO[C@H]1O[C@H](C(O)Cc2ccccc2)[C@@H](C#N)[C@@](O)(Cc2ccccc2)[C@]1(O)Cc1ccccc1. The summed E-state index contributed by atoms with van der Waals surface area (Å²) in [6.07, 6.45) is -3.28. The Labute approximate surface area is 206 Å². The third-order valence-electron chi connectivity index (χ3n) is 6.92. The van der Waals surface area contributed by atoms with Crippen molar-refractivity contribution < 1.29 is 24.8 Å². The van der Waals surface area contributed by atoms with Gasteiger partial charge in [-0.1, -0.05) is 91.0 Å². The Kier molecular flexibility index (Phi) is 7.66. The van der Waals surface area contributed by atoms with Crippen LogP contribution in [0.3, 0.4) is 0 Å². The lowest BCUT2D eigenvalue weighted by atomic mass is 9.63. The van der Waals surface area contributed by atoms with Gasteiger partial charge in [-0.05, 0) is 16.7 Å². The summed E-state index contributed by atoms with van der Waals surface area (Å²) in [5.74, 6) is -1.23. The summed E-state index contributed by atoms with van der Waals surface area (Å²) >= 11 is 0. The number of rotatable bonds is 8. The number of aliphatic hydroxyl groups is 3. The predicted molar refractivity (Wildman–Crippen MR) is 131 cm³/mol. The average Bonchev–Trinajstić information content (AvgIpc) is 2.87. The van der Waals surface area contributed by atoms with Crippen LogP contribution in [0.5, 0.6) is 0 Å².